The number of amides is 1. The number of carbonyl (C=O) groups is 1. The van der Waals surface area contributed by atoms with Crippen LogP contribution in [0.2, 0.25) is 0 Å². The predicted octanol–water partition coefficient (Wildman–Crippen LogP) is 3.61. The molecule has 5 nitrogen and oxygen atoms in total. The van der Waals surface area contributed by atoms with Crippen molar-refractivity contribution in [2.24, 2.45) is 0 Å². The minimum Gasteiger partial charge on any atom is -0.443 e. The Labute approximate surface area is 133 Å². The SMILES string of the molecule is CCN1CCC[C@@H]1c1cccnc1N(C)C(=O)OC(C)(C)C. The Morgan fingerprint density at radius 2 is 2.23 bits per heavy atom. The van der Waals surface area contributed by atoms with Gasteiger partial charge in [0.05, 0.1) is 0 Å². The number of likely N-dealkylation sites (tertiary alicyclic amines) is 1. The van der Waals surface area contributed by atoms with Crippen LogP contribution in [0.15, 0.2) is 18.3 Å². The number of pyridine rings is 1. The maximum atomic E-state index is 12.3. The number of carbonyl (C=O) groups excluding carboxylic acids is 1. The van der Waals surface area contributed by atoms with Crippen molar-refractivity contribution < 1.29 is 9.53 Å². The zero-order valence-corrected chi connectivity index (χ0v) is 14.3. The summed E-state index contributed by atoms with van der Waals surface area (Å²) in [7, 11) is 1.73. The molecular formula is C17H27N3O2. The molecule has 22 heavy (non-hydrogen) atoms. The van der Waals surface area contributed by atoms with Crippen molar-refractivity contribution in [1.82, 2.24) is 9.88 Å². The number of aromatic nitrogens is 1. The highest BCUT2D eigenvalue weighted by molar-refractivity contribution is 5.87. The Morgan fingerprint density at radius 1 is 1.50 bits per heavy atom. The maximum Gasteiger partial charge on any atom is 0.415 e. The molecule has 0 aliphatic carbocycles. The average molecular weight is 305 g/mol. The largest absolute Gasteiger partial charge is 0.443 e. The molecule has 1 aliphatic rings. The molecule has 5 heteroatoms. The summed E-state index contributed by atoms with van der Waals surface area (Å²) in [6.45, 7) is 9.89. The number of hydrogen-bond donors (Lipinski definition) is 0. The quantitative estimate of drug-likeness (QED) is 0.856. The van der Waals surface area contributed by atoms with Crippen LogP contribution in [0.4, 0.5) is 10.6 Å². The minimum absolute atomic E-state index is 0.332. The first-order chi connectivity index (χ1) is 10.3. The lowest BCUT2D eigenvalue weighted by atomic mass is 10.1. The van der Waals surface area contributed by atoms with Crippen LogP contribution in [0.1, 0.15) is 52.1 Å². The van der Waals surface area contributed by atoms with E-state index in [-0.39, 0.29) is 6.09 Å². The van der Waals surface area contributed by atoms with Gasteiger partial charge in [0.2, 0.25) is 0 Å². The van der Waals surface area contributed by atoms with Gasteiger partial charge in [0, 0.05) is 24.8 Å². The second-order valence-electron chi connectivity index (χ2n) is 6.74. The van der Waals surface area contributed by atoms with Crippen molar-refractivity contribution in [2.75, 3.05) is 25.0 Å². The molecule has 1 amide bonds. The summed E-state index contributed by atoms with van der Waals surface area (Å²) in [4.78, 5) is 20.7. The standard InChI is InChI=1S/C17H27N3O2/c1-6-20-12-8-10-14(20)13-9-7-11-18-15(13)19(5)16(21)22-17(2,3)4/h7,9,11,14H,6,8,10,12H2,1-5H3/t14-/m1/s1. The number of anilines is 1. The third-order valence-electron chi connectivity index (χ3n) is 3.93. The van der Waals surface area contributed by atoms with Crippen LogP contribution >= 0.6 is 0 Å². The predicted molar refractivity (Wildman–Crippen MR) is 88.1 cm³/mol. The van der Waals surface area contributed by atoms with E-state index in [0.717, 1.165) is 25.1 Å². The van der Waals surface area contributed by atoms with Gasteiger partial charge in [0.25, 0.3) is 0 Å². The van der Waals surface area contributed by atoms with Crippen LogP contribution in [0.25, 0.3) is 0 Å². The van der Waals surface area contributed by atoms with E-state index in [0.29, 0.717) is 11.9 Å². The average Bonchev–Trinajstić information content (AvgIpc) is 2.93. The fourth-order valence-electron chi connectivity index (χ4n) is 2.92. The van der Waals surface area contributed by atoms with Gasteiger partial charge in [-0.3, -0.25) is 9.80 Å². The van der Waals surface area contributed by atoms with E-state index in [1.807, 2.05) is 26.8 Å². The number of rotatable bonds is 3. The highest BCUT2D eigenvalue weighted by atomic mass is 16.6. The van der Waals surface area contributed by atoms with Gasteiger partial charge < -0.3 is 4.74 Å². The second kappa shape index (κ2) is 6.65. The summed E-state index contributed by atoms with van der Waals surface area (Å²) in [6.07, 6.45) is 3.65. The Kier molecular flexibility index (Phi) is 5.06. The molecular weight excluding hydrogens is 278 g/mol. The molecule has 1 atom stereocenters. The summed E-state index contributed by atoms with van der Waals surface area (Å²) < 4.78 is 5.46. The molecule has 0 spiro atoms. The molecule has 0 bridgehead atoms. The van der Waals surface area contributed by atoms with Crippen molar-refractivity contribution in [3.63, 3.8) is 0 Å². The molecule has 1 aliphatic heterocycles. The lowest BCUT2D eigenvalue weighted by Crippen LogP contribution is -2.35. The molecule has 0 saturated carbocycles. The molecule has 1 aromatic rings. The van der Waals surface area contributed by atoms with Crippen molar-refractivity contribution >= 4 is 11.9 Å². The highest BCUT2D eigenvalue weighted by Gasteiger charge is 2.30. The minimum atomic E-state index is -0.511. The monoisotopic (exact) mass is 305 g/mol. The Bertz CT molecular complexity index is 525. The molecule has 2 heterocycles. The molecule has 1 fully saturated rings. The molecule has 0 radical (unpaired) electrons. The van der Waals surface area contributed by atoms with Crippen molar-refractivity contribution in [2.45, 2.75) is 52.2 Å². The number of nitrogens with zero attached hydrogens (tertiary/aromatic N) is 3. The van der Waals surface area contributed by atoms with Crippen molar-refractivity contribution in [1.29, 1.82) is 0 Å². The lowest BCUT2D eigenvalue weighted by molar-refractivity contribution is 0.0587. The van der Waals surface area contributed by atoms with E-state index in [9.17, 15) is 4.79 Å². The van der Waals surface area contributed by atoms with Crippen LogP contribution in [-0.4, -0.2) is 41.7 Å². The molecule has 122 valence electrons. The van der Waals surface area contributed by atoms with Gasteiger partial charge in [-0.2, -0.15) is 0 Å². The molecule has 2 rings (SSSR count). The van der Waals surface area contributed by atoms with Crippen LogP contribution in [-0.2, 0) is 4.74 Å². The Balaban J connectivity index is 2.26. The van der Waals surface area contributed by atoms with Gasteiger partial charge in [-0.25, -0.2) is 9.78 Å². The molecule has 1 aromatic heterocycles. The van der Waals surface area contributed by atoms with E-state index < -0.39 is 5.60 Å². The van der Waals surface area contributed by atoms with Gasteiger partial charge in [-0.05, 0) is 52.8 Å². The summed E-state index contributed by atoms with van der Waals surface area (Å²) in [5.74, 6) is 0.696. The van der Waals surface area contributed by atoms with Crippen LogP contribution in [0, 0.1) is 0 Å². The molecule has 0 N–H and O–H groups in total. The van der Waals surface area contributed by atoms with Crippen molar-refractivity contribution in [3.8, 4) is 0 Å². The summed E-state index contributed by atoms with van der Waals surface area (Å²) in [6, 6.07) is 4.34. The van der Waals surface area contributed by atoms with E-state index in [4.69, 9.17) is 4.74 Å². The van der Waals surface area contributed by atoms with Gasteiger partial charge in [0.1, 0.15) is 11.4 Å². The lowest BCUT2D eigenvalue weighted by Gasteiger charge is -2.29. The highest BCUT2D eigenvalue weighted by Crippen LogP contribution is 2.35. The Hall–Kier alpha value is -1.62. The zero-order chi connectivity index (χ0) is 16.3. The first-order valence-corrected chi connectivity index (χ1v) is 7.99. The fraction of sp³-hybridized carbons (Fsp3) is 0.647. The smallest absolute Gasteiger partial charge is 0.415 e. The van der Waals surface area contributed by atoms with Crippen molar-refractivity contribution in [3.05, 3.63) is 23.9 Å². The normalized spacial score (nSPS) is 19.2. The van der Waals surface area contributed by atoms with Crippen LogP contribution in [0.3, 0.4) is 0 Å². The zero-order valence-electron chi connectivity index (χ0n) is 14.3. The Morgan fingerprint density at radius 3 is 2.86 bits per heavy atom. The first-order valence-electron chi connectivity index (χ1n) is 7.99. The van der Waals surface area contributed by atoms with Crippen LogP contribution in [0.5, 0.6) is 0 Å². The summed E-state index contributed by atoms with van der Waals surface area (Å²) in [5, 5.41) is 0. The van der Waals surface area contributed by atoms with Crippen LogP contribution < -0.4 is 4.90 Å². The molecule has 0 aromatic carbocycles. The van der Waals surface area contributed by atoms with E-state index >= 15 is 0 Å². The maximum absolute atomic E-state index is 12.3. The van der Waals surface area contributed by atoms with Gasteiger partial charge in [-0.1, -0.05) is 13.0 Å². The first kappa shape index (κ1) is 16.7. The second-order valence-corrected chi connectivity index (χ2v) is 6.74. The third kappa shape index (κ3) is 3.77. The van der Waals surface area contributed by atoms with Gasteiger partial charge >= 0.3 is 6.09 Å². The van der Waals surface area contributed by atoms with Gasteiger partial charge in [0.15, 0.2) is 0 Å². The van der Waals surface area contributed by atoms with E-state index in [1.165, 1.54) is 11.3 Å². The summed E-state index contributed by atoms with van der Waals surface area (Å²) in [5.41, 5.74) is 0.596. The number of hydrogen-bond acceptors (Lipinski definition) is 4. The number of ether oxygens (including phenoxy) is 1. The third-order valence-corrected chi connectivity index (χ3v) is 3.93. The summed E-state index contributed by atoms with van der Waals surface area (Å²) >= 11 is 0. The van der Waals surface area contributed by atoms with E-state index in [1.54, 1.807) is 13.2 Å². The molecule has 0 unspecified atom stereocenters. The van der Waals surface area contributed by atoms with Gasteiger partial charge in [-0.15, -0.1) is 0 Å². The topological polar surface area (TPSA) is 45.7 Å². The van der Waals surface area contributed by atoms with E-state index in [2.05, 4.69) is 22.9 Å². The molecule has 1 saturated heterocycles. The fourth-order valence-corrected chi connectivity index (χ4v) is 2.92.